The van der Waals surface area contributed by atoms with Crippen LogP contribution in [-0.2, 0) is 14.3 Å². The Morgan fingerprint density at radius 1 is 1.25 bits per heavy atom. The average Bonchev–Trinajstić information content (AvgIpc) is 2.57. The largest absolute Gasteiger partial charge is 0.466 e. The highest BCUT2D eigenvalue weighted by atomic mass is 35.5. The number of carbonyl (C=O) groups excluding carboxylic acids is 2. The zero-order valence-electron chi connectivity index (χ0n) is 14.3. The van der Waals surface area contributed by atoms with E-state index in [9.17, 15) is 9.59 Å². The van der Waals surface area contributed by atoms with E-state index in [1.54, 1.807) is 31.2 Å². The van der Waals surface area contributed by atoms with Gasteiger partial charge < -0.3 is 9.47 Å². The molecular weight excluding hydrogens is 330 g/mol. The second-order valence-electron chi connectivity index (χ2n) is 5.38. The van der Waals surface area contributed by atoms with Crippen molar-refractivity contribution in [2.24, 2.45) is 0 Å². The van der Waals surface area contributed by atoms with Gasteiger partial charge in [-0.3, -0.25) is 5.32 Å². The molecule has 1 aromatic carbocycles. The smallest absolute Gasteiger partial charge is 0.412 e. The molecule has 1 atom stereocenters. The number of ether oxygens (including phenoxy) is 2. The molecule has 0 saturated heterocycles. The van der Waals surface area contributed by atoms with E-state index >= 15 is 0 Å². The second kappa shape index (κ2) is 10.7. The van der Waals surface area contributed by atoms with Crippen LogP contribution >= 0.6 is 11.6 Å². The average molecular weight is 354 g/mol. The van der Waals surface area contributed by atoms with E-state index in [2.05, 4.69) is 12.2 Å². The van der Waals surface area contributed by atoms with Gasteiger partial charge in [-0.2, -0.15) is 0 Å². The third kappa shape index (κ3) is 7.04. The Bertz CT molecular complexity index is 569. The summed E-state index contributed by atoms with van der Waals surface area (Å²) in [6, 6.07) is 6.58. The summed E-state index contributed by atoms with van der Waals surface area (Å²) in [5, 5.41) is 3.12. The summed E-state index contributed by atoms with van der Waals surface area (Å²) in [5.74, 6) is -0.606. The van der Waals surface area contributed by atoms with Crippen LogP contribution < -0.4 is 5.32 Å². The number of allylic oxidation sites excluding steroid dienone is 1. The fourth-order valence-corrected chi connectivity index (χ4v) is 2.18. The summed E-state index contributed by atoms with van der Waals surface area (Å²) in [5.41, 5.74) is 1.18. The van der Waals surface area contributed by atoms with Gasteiger partial charge in [0.15, 0.2) is 0 Å². The number of halogens is 1. The Morgan fingerprint density at radius 3 is 2.50 bits per heavy atom. The second-order valence-corrected chi connectivity index (χ2v) is 5.82. The maximum atomic E-state index is 12.0. The van der Waals surface area contributed by atoms with Crippen LogP contribution in [0.3, 0.4) is 0 Å². The first-order valence-electron chi connectivity index (χ1n) is 7.95. The molecular formula is C18H24ClNO4. The quantitative estimate of drug-likeness (QED) is 0.407. The molecule has 1 amide bonds. The number of nitrogens with one attached hydrogen (secondary N) is 1. The van der Waals surface area contributed by atoms with Crippen LogP contribution in [0.15, 0.2) is 35.9 Å². The Kier molecular flexibility index (Phi) is 8.94. The van der Waals surface area contributed by atoms with Crippen molar-refractivity contribution in [3.63, 3.8) is 0 Å². The van der Waals surface area contributed by atoms with Crippen LogP contribution in [0.5, 0.6) is 0 Å². The summed E-state index contributed by atoms with van der Waals surface area (Å²) in [6.45, 7) is 3.88. The highest BCUT2D eigenvalue weighted by Crippen LogP contribution is 2.16. The number of benzene rings is 1. The van der Waals surface area contributed by atoms with E-state index < -0.39 is 18.2 Å². The van der Waals surface area contributed by atoms with Crippen LogP contribution in [-0.4, -0.2) is 25.3 Å². The standard InChI is InChI=1S/C18H24ClNO4/c1-4-5-6-7-8-13(2)16(17(21)23-3)24-18(22)20-15-11-9-14(19)10-12-15/h8-12,16H,4-7H2,1-3H3,(H,20,22)/b13-8+. The molecule has 0 aliphatic rings. The lowest BCUT2D eigenvalue weighted by Gasteiger charge is -2.17. The number of carbonyl (C=O) groups is 2. The minimum atomic E-state index is -1.05. The van der Waals surface area contributed by atoms with Crippen molar-refractivity contribution < 1.29 is 19.1 Å². The SMILES string of the molecule is CCCCC/C=C(\C)C(OC(=O)Nc1ccc(Cl)cc1)C(=O)OC. The first-order valence-corrected chi connectivity index (χ1v) is 8.33. The lowest BCUT2D eigenvalue weighted by molar-refractivity contribution is -0.148. The van der Waals surface area contributed by atoms with Crippen molar-refractivity contribution in [3.8, 4) is 0 Å². The molecule has 0 saturated carbocycles. The minimum absolute atomic E-state index is 0.526. The number of methoxy groups -OCH3 is 1. The van der Waals surface area contributed by atoms with Gasteiger partial charge in [-0.1, -0.05) is 37.4 Å². The van der Waals surface area contributed by atoms with Gasteiger partial charge in [0, 0.05) is 10.7 Å². The molecule has 1 rings (SSSR count). The van der Waals surface area contributed by atoms with E-state index in [1.807, 2.05) is 6.08 Å². The maximum Gasteiger partial charge on any atom is 0.412 e. The van der Waals surface area contributed by atoms with Crippen molar-refractivity contribution in [3.05, 3.63) is 40.9 Å². The Morgan fingerprint density at radius 2 is 1.92 bits per heavy atom. The molecule has 0 aliphatic carbocycles. The fraction of sp³-hybridized carbons (Fsp3) is 0.444. The lowest BCUT2D eigenvalue weighted by atomic mass is 10.1. The summed E-state index contributed by atoms with van der Waals surface area (Å²) in [7, 11) is 1.26. The number of hydrogen-bond acceptors (Lipinski definition) is 4. The molecule has 0 fully saturated rings. The Hall–Kier alpha value is -2.01. The molecule has 6 heteroatoms. The summed E-state index contributed by atoms with van der Waals surface area (Å²) >= 11 is 5.79. The van der Waals surface area contributed by atoms with Crippen LogP contribution in [0.25, 0.3) is 0 Å². The number of hydrogen-bond donors (Lipinski definition) is 1. The first-order chi connectivity index (χ1) is 11.5. The number of amides is 1. The van der Waals surface area contributed by atoms with Gasteiger partial charge in [0.05, 0.1) is 7.11 Å². The Labute approximate surface area is 148 Å². The highest BCUT2D eigenvalue weighted by molar-refractivity contribution is 6.30. The van der Waals surface area contributed by atoms with Gasteiger partial charge in [-0.05, 0) is 49.6 Å². The number of anilines is 1. The van der Waals surface area contributed by atoms with Crippen molar-refractivity contribution in [1.29, 1.82) is 0 Å². The molecule has 0 heterocycles. The summed E-state index contributed by atoms with van der Waals surface area (Å²) < 4.78 is 9.96. The third-order valence-electron chi connectivity index (χ3n) is 3.42. The van der Waals surface area contributed by atoms with Crippen molar-refractivity contribution >= 4 is 29.4 Å². The normalized spacial score (nSPS) is 12.4. The van der Waals surface area contributed by atoms with Crippen molar-refractivity contribution in [1.82, 2.24) is 0 Å². The number of esters is 1. The third-order valence-corrected chi connectivity index (χ3v) is 3.67. The van der Waals surface area contributed by atoms with Crippen LogP contribution in [0.4, 0.5) is 10.5 Å². The van der Waals surface area contributed by atoms with Crippen LogP contribution in [0.1, 0.15) is 39.5 Å². The van der Waals surface area contributed by atoms with E-state index in [4.69, 9.17) is 21.1 Å². The predicted molar refractivity (Wildman–Crippen MR) is 95.3 cm³/mol. The van der Waals surface area contributed by atoms with Gasteiger partial charge in [0.25, 0.3) is 0 Å². The molecule has 1 aromatic rings. The van der Waals surface area contributed by atoms with Crippen molar-refractivity contribution in [2.75, 3.05) is 12.4 Å². The Balaban J connectivity index is 2.69. The van der Waals surface area contributed by atoms with Gasteiger partial charge in [-0.25, -0.2) is 9.59 Å². The molecule has 0 radical (unpaired) electrons. The van der Waals surface area contributed by atoms with E-state index in [0.29, 0.717) is 16.3 Å². The molecule has 0 spiro atoms. The number of unbranched alkanes of at least 4 members (excludes halogenated alkanes) is 3. The monoisotopic (exact) mass is 353 g/mol. The maximum absolute atomic E-state index is 12.0. The fourth-order valence-electron chi connectivity index (χ4n) is 2.05. The van der Waals surface area contributed by atoms with E-state index in [1.165, 1.54) is 7.11 Å². The van der Waals surface area contributed by atoms with Gasteiger partial charge in [0.1, 0.15) is 0 Å². The summed E-state index contributed by atoms with van der Waals surface area (Å²) in [6.07, 6.45) is 4.22. The van der Waals surface area contributed by atoms with E-state index in [0.717, 1.165) is 25.7 Å². The zero-order chi connectivity index (χ0) is 17.9. The van der Waals surface area contributed by atoms with Crippen molar-refractivity contribution in [2.45, 2.75) is 45.6 Å². The highest BCUT2D eigenvalue weighted by Gasteiger charge is 2.25. The topological polar surface area (TPSA) is 64.6 Å². The molecule has 1 unspecified atom stereocenters. The predicted octanol–water partition coefficient (Wildman–Crippen LogP) is 4.96. The molecule has 1 N–H and O–H groups in total. The molecule has 0 aliphatic heterocycles. The summed E-state index contributed by atoms with van der Waals surface area (Å²) in [4.78, 5) is 23.9. The lowest BCUT2D eigenvalue weighted by Crippen LogP contribution is -2.31. The van der Waals surface area contributed by atoms with E-state index in [-0.39, 0.29) is 0 Å². The molecule has 5 nitrogen and oxygen atoms in total. The first kappa shape index (κ1) is 20.0. The minimum Gasteiger partial charge on any atom is -0.466 e. The number of rotatable bonds is 8. The van der Waals surface area contributed by atoms with Crippen LogP contribution in [0, 0.1) is 0 Å². The molecule has 24 heavy (non-hydrogen) atoms. The van der Waals surface area contributed by atoms with Gasteiger partial charge >= 0.3 is 12.1 Å². The zero-order valence-corrected chi connectivity index (χ0v) is 15.1. The molecule has 132 valence electrons. The van der Waals surface area contributed by atoms with Gasteiger partial charge in [0.2, 0.25) is 6.10 Å². The molecule has 0 aromatic heterocycles. The van der Waals surface area contributed by atoms with Crippen LogP contribution in [0.2, 0.25) is 5.02 Å². The molecule has 0 bridgehead atoms. The van der Waals surface area contributed by atoms with Gasteiger partial charge in [-0.15, -0.1) is 0 Å².